The maximum absolute atomic E-state index is 9.58. The summed E-state index contributed by atoms with van der Waals surface area (Å²) in [6, 6.07) is -11.0. The van der Waals surface area contributed by atoms with Gasteiger partial charge in [0.05, 0.1) is 41.2 Å². The van der Waals surface area contributed by atoms with Crippen molar-refractivity contribution in [1.82, 2.24) is 4.57 Å². The summed E-state index contributed by atoms with van der Waals surface area (Å²) in [6.45, 7) is 0. The molecule has 3 nitrogen and oxygen atoms in total. The maximum Gasteiger partial charge on any atom is 0.135 e. The molecule has 10 rings (SSSR count). The maximum atomic E-state index is 9.58. The fourth-order valence-corrected chi connectivity index (χ4v) is 5.60. The van der Waals surface area contributed by atoms with Gasteiger partial charge in [0.15, 0.2) is 0 Å². The van der Waals surface area contributed by atoms with Crippen LogP contribution in [0.3, 0.4) is 0 Å². The highest BCUT2D eigenvalue weighted by atomic mass is 16.3. The van der Waals surface area contributed by atoms with Crippen LogP contribution < -0.4 is 0 Å². The molecule has 0 N–H and O–H groups in total. The minimum Gasteiger partial charge on any atom is -0.456 e. The van der Waals surface area contributed by atoms with Gasteiger partial charge in [-0.1, -0.05) is 84.6 Å². The SMILES string of the molecule is [2H]c1c([2H])c([2H])c2c(oc3c([2H])c([2H])c(-c4cc(-c5c([2H])c([2H])c6oc7c([2H])c([2H])c([2H])c([2H])c7c6c5[2H])cc(-n5c6c([2H])c([2H])c([2H])c([2H])c6c6c([2H])c([2H])c([2H])c([2H])c65)c4)c([2H])c32)c1[2H]. The van der Waals surface area contributed by atoms with Crippen molar-refractivity contribution in [2.24, 2.45) is 0 Å². The fourth-order valence-electron chi connectivity index (χ4n) is 5.60. The molecule has 0 aliphatic carbocycles. The Kier molecular flexibility index (Phi) is 2.35. The molecule has 0 atom stereocenters. The van der Waals surface area contributed by atoms with Gasteiger partial charge in [0.2, 0.25) is 0 Å². The van der Waals surface area contributed by atoms with Crippen LogP contribution in [0.5, 0.6) is 0 Å². The minimum absolute atomic E-state index is 0.200. The summed E-state index contributed by atoms with van der Waals surface area (Å²) in [7, 11) is 0. The Hall–Kier alpha value is -6.06. The van der Waals surface area contributed by atoms with Gasteiger partial charge in [-0.2, -0.15) is 0 Å². The smallest absolute Gasteiger partial charge is 0.135 e. The lowest BCUT2D eigenvalue weighted by Crippen LogP contribution is -1.96. The molecule has 0 saturated carbocycles. The monoisotopic (exact) mass is 597 g/mol. The van der Waals surface area contributed by atoms with Crippen LogP contribution in [0.4, 0.5) is 0 Å². The Bertz CT molecular complexity index is 3770. The fraction of sp³-hybridized carbons (Fsp3) is 0. The van der Waals surface area contributed by atoms with Gasteiger partial charge in [0, 0.05) is 38.0 Å². The third-order valence-electron chi connectivity index (χ3n) is 7.56. The van der Waals surface area contributed by atoms with E-state index in [0.717, 1.165) is 4.57 Å². The van der Waals surface area contributed by atoms with Crippen LogP contribution in [0, 0.1) is 0 Å². The second-order valence-corrected chi connectivity index (χ2v) is 10.1. The second-order valence-electron chi connectivity index (χ2n) is 10.1. The summed E-state index contributed by atoms with van der Waals surface area (Å²) in [5, 5.41) is -1.77. The van der Waals surface area contributed by atoms with Crippen LogP contribution in [0.1, 0.15) is 30.2 Å². The Morgan fingerprint density at radius 2 is 0.800 bits per heavy atom. The number of aromatic nitrogens is 1. The number of benzene rings is 7. The predicted molar refractivity (Wildman–Crippen MR) is 186 cm³/mol. The molecule has 0 radical (unpaired) electrons. The Labute approximate surface area is 289 Å². The molecule has 45 heavy (non-hydrogen) atoms. The van der Waals surface area contributed by atoms with Crippen molar-refractivity contribution >= 4 is 65.7 Å². The molecule has 0 bridgehead atoms. The molecule has 0 unspecified atom stereocenters. The normalized spacial score (nSPS) is 18.8. The average Bonchev–Trinajstić information content (AvgIpc) is 4.02. The van der Waals surface area contributed by atoms with Crippen molar-refractivity contribution in [2.75, 3.05) is 0 Å². The molecule has 3 heteroatoms. The largest absolute Gasteiger partial charge is 0.456 e. The molecule has 0 amide bonds. The van der Waals surface area contributed by atoms with E-state index in [1.54, 1.807) is 0 Å². The van der Waals surface area contributed by atoms with E-state index in [0.29, 0.717) is 0 Å². The number of hydrogen-bond acceptors (Lipinski definition) is 2. The van der Waals surface area contributed by atoms with Gasteiger partial charge in [0.25, 0.3) is 0 Å². The molecule has 210 valence electrons. The lowest BCUT2D eigenvalue weighted by atomic mass is 9.96. The summed E-state index contributed by atoms with van der Waals surface area (Å²) < 4.78 is 206. The van der Waals surface area contributed by atoms with Gasteiger partial charge in [-0.15, -0.1) is 0 Å². The third kappa shape index (κ3) is 3.65. The van der Waals surface area contributed by atoms with E-state index in [1.807, 2.05) is 0 Å². The number of fused-ring (bicyclic) bond motifs is 9. The molecule has 7 aromatic carbocycles. The first-order valence-electron chi connectivity index (χ1n) is 24.5. The highest BCUT2D eigenvalue weighted by molar-refractivity contribution is 6.10. The first-order valence-corrected chi connectivity index (χ1v) is 13.5. The number of nitrogens with zero attached hydrogens (tertiary/aromatic N) is 1. The first-order chi connectivity index (χ1) is 31.5. The first kappa shape index (κ1) is 11.5. The van der Waals surface area contributed by atoms with Gasteiger partial charge >= 0.3 is 0 Å². The second kappa shape index (κ2) is 9.22. The Morgan fingerprint density at radius 3 is 1.31 bits per heavy atom. The molecule has 0 saturated heterocycles. The molecule has 0 fully saturated rings. The summed E-state index contributed by atoms with van der Waals surface area (Å²) in [5.74, 6) is 0. The van der Waals surface area contributed by atoms with Crippen molar-refractivity contribution in [3.8, 4) is 27.9 Å². The molecule has 10 aromatic rings. The Morgan fingerprint density at radius 1 is 0.378 bits per heavy atom. The van der Waals surface area contributed by atoms with E-state index in [9.17, 15) is 5.48 Å². The minimum atomic E-state index is -0.752. The zero-order valence-electron chi connectivity index (χ0n) is 44.5. The number of rotatable bonds is 3. The van der Waals surface area contributed by atoms with Crippen molar-refractivity contribution in [2.45, 2.75) is 0 Å². The van der Waals surface area contributed by atoms with Crippen LogP contribution in [-0.4, -0.2) is 4.57 Å². The number of para-hydroxylation sites is 4. The van der Waals surface area contributed by atoms with Crippen LogP contribution in [0.25, 0.3) is 93.6 Å². The number of furan rings is 2. The molecule has 0 aliphatic rings. The zero-order chi connectivity index (χ0) is 48.6. The van der Waals surface area contributed by atoms with Crippen LogP contribution >= 0.6 is 0 Å². The van der Waals surface area contributed by atoms with E-state index in [-0.39, 0.29) is 60.2 Å². The van der Waals surface area contributed by atoms with E-state index in [1.165, 1.54) is 18.2 Å². The Balaban J connectivity index is 1.44. The quantitative estimate of drug-likeness (QED) is 0.203. The summed E-state index contributed by atoms with van der Waals surface area (Å²) in [6.07, 6.45) is 0. The van der Waals surface area contributed by atoms with Crippen LogP contribution in [-0.2, 0) is 0 Å². The van der Waals surface area contributed by atoms with E-state index < -0.39 is 166 Å². The van der Waals surface area contributed by atoms with Gasteiger partial charge in [-0.25, -0.2) is 0 Å². The molecular formula is C42H25NO2. The topological polar surface area (TPSA) is 31.2 Å². The lowest BCUT2D eigenvalue weighted by Gasteiger charge is -2.14. The molecule has 3 aromatic heterocycles. The van der Waals surface area contributed by atoms with Crippen molar-refractivity contribution < 1.29 is 39.0 Å². The predicted octanol–water partition coefficient (Wildman–Crippen LogP) is 11.9. The van der Waals surface area contributed by atoms with E-state index >= 15 is 0 Å². The molecular weight excluding hydrogens is 550 g/mol. The van der Waals surface area contributed by atoms with Gasteiger partial charge < -0.3 is 13.4 Å². The van der Waals surface area contributed by atoms with Crippen LogP contribution in [0.15, 0.2) is 160 Å². The van der Waals surface area contributed by atoms with Crippen molar-refractivity contribution in [3.05, 3.63) is 151 Å². The lowest BCUT2D eigenvalue weighted by molar-refractivity contribution is 0.668. The van der Waals surface area contributed by atoms with Gasteiger partial charge in [-0.05, 0) is 88.8 Å². The summed E-state index contributed by atoms with van der Waals surface area (Å²) >= 11 is 0. The third-order valence-corrected chi connectivity index (χ3v) is 7.56. The van der Waals surface area contributed by atoms with Crippen molar-refractivity contribution in [3.63, 3.8) is 0 Å². The summed E-state index contributed by atoms with van der Waals surface area (Å²) in [4.78, 5) is 0. The van der Waals surface area contributed by atoms with Gasteiger partial charge in [-0.3, -0.25) is 0 Å². The molecule has 0 spiro atoms. The standard InChI is InChI=1S/C42H25NO2/c1-5-13-37-31(9-1)32-10-2-6-14-38(32)43(37)30-22-28(26-17-19-41-35(24-26)33-11-3-7-15-39(33)44-41)21-29(23-30)27-18-20-42-36(25-27)34-12-4-8-16-40(34)45-42/h1-25H/i1D,2D,3D,4D,5D,6D,7D,8D,9D,10D,11D,12D,13D,14D,15D,16D,17D,18D,19D,20D,24D,25D. The van der Waals surface area contributed by atoms with E-state index in [2.05, 4.69) is 0 Å². The van der Waals surface area contributed by atoms with Gasteiger partial charge in [0.1, 0.15) is 22.3 Å². The van der Waals surface area contributed by atoms with E-state index in [4.69, 9.17) is 33.5 Å². The molecule has 3 heterocycles. The number of hydrogen-bond donors (Lipinski definition) is 0. The molecule has 0 aliphatic heterocycles. The summed E-state index contributed by atoms with van der Waals surface area (Å²) in [5.41, 5.74) is -3.76. The highest BCUT2D eigenvalue weighted by Gasteiger charge is 2.16. The average molecular weight is 598 g/mol. The highest BCUT2D eigenvalue weighted by Crippen LogP contribution is 2.39. The van der Waals surface area contributed by atoms with Crippen molar-refractivity contribution in [1.29, 1.82) is 0 Å². The zero-order valence-corrected chi connectivity index (χ0v) is 22.5. The van der Waals surface area contributed by atoms with Crippen LogP contribution in [0.2, 0.25) is 0 Å².